The molecule has 4 heteroatoms. The van der Waals surface area contributed by atoms with Gasteiger partial charge < -0.3 is 19.3 Å². The van der Waals surface area contributed by atoms with Crippen LogP contribution < -0.4 is 14.2 Å². The zero-order valence-corrected chi connectivity index (χ0v) is 14.9. The molecule has 0 saturated carbocycles. The lowest BCUT2D eigenvalue weighted by atomic mass is 10.0. The molecule has 0 spiro atoms. The molecule has 2 aromatic carbocycles. The molecular formula is C21H28O4. The number of methoxy groups -OCH3 is 2. The van der Waals surface area contributed by atoms with Crippen LogP contribution in [0.25, 0.3) is 0 Å². The highest BCUT2D eigenvalue weighted by Gasteiger charge is 2.07. The topological polar surface area (TPSA) is 47.9 Å². The Hall–Kier alpha value is -2.20. The minimum absolute atomic E-state index is 0.0128. The Labute approximate surface area is 156 Å². The summed E-state index contributed by atoms with van der Waals surface area (Å²) in [5.41, 5.74) is 1.18. The van der Waals surface area contributed by atoms with E-state index in [2.05, 4.69) is 0 Å². The van der Waals surface area contributed by atoms with Gasteiger partial charge in [-0.1, -0.05) is 24.6 Å². The van der Waals surface area contributed by atoms with Crippen LogP contribution in [0.3, 0.4) is 0 Å². The van der Waals surface area contributed by atoms with Gasteiger partial charge in [-0.3, -0.25) is 0 Å². The summed E-state index contributed by atoms with van der Waals surface area (Å²) < 4.78 is 49.2. The fraction of sp³-hybridized carbons (Fsp3) is 0.429. The van der Waals surface area contributed by atoms with Crippen LogP contribution in [-0.4, -0.2) is 32.0 Å². The van der Waals surface area contributed by atoms with Crippen LogP contribution in [0.2, 0.25) is 0 Å². The highest BCUT2D eigenvalue weighted by atomic mass is 16.5. The Morgan fingerprint density at radius 1 is 1.08 bits per heavy atom. The number of aliphatic hydroxyl groups is 1. The van der Waals surface area contributed by atoms with E-state index in [0.29, 0.717) is 17.2 Å². The molecule has 1 atom stereocenters. The average molecular weight is 348 g/mol. The summed E-state index contributed by atoms with van der Waals surface area (Å²) in [5, 5.41) is 10.2. The van der Waals surface area contributed by atoms with Crippen LogP contribution in [-0.2, 0) is 6.37 Å². The molecule has 0 saturated heterocycles. The molecule has 0 amide bonds. The van der Waals surface area contributed by atoms with Crippen molar-refractivity contribution in [2.24, 2.45) is 0 Å². The fourth-order valence-electron chi connectivity index (χ4n) is 2.30. The highest BCUT2D eigenvalue weighted by Crippen LogP contribution is 2.28. The largest absolute Gasteiger partial charge is 0.493 e. The van der Waals surface area contributed by atoms with Crippen LogP contribution in [0.15, 0.2) is 42.5 Å². The summed E-state index contributed by atoms with van der Waals surface area (Å²) in [6.07, 6.45) is -5.52. The maximum absolute atomic E-state index is 10.2. The monoisotopic (exact) mass is 348 g/mol. The number of aryl methyl sites for hydroxylation is 2. The highest BCUT2D eigenvalue weighted by molar-refractivity contribution is 5.42. The van der Waals surface area contributed by atoms with Gasteiger partial charge in [-0.25, -0.2) is 0 Å². The van der Waals surface area contributed by atoms with Crippen molar-refractivity contribution in [3.8, 4) is 17.2 Å². The van der Waals surface area contributed by atoms with Crippen LogP contribution in [0.5, 0.6) is 17.2 Å². The Kier molecular flexibility index (Phi) is 5.58. The first-order chi connectivity index (χ1) is 13.6. The van der Waals surface area contributed by atoms with E-state index in [1.54, 1.807) is 12.1 Å². The first-order valence-electron chi connectivity index (χ1n) is 10.2. The van der Waals surface area contributed by atoms with E-state index in [1.807, 2.05) is 25.1 Å². The Morgan fingerprint density at radius 2 is 1.88 bits per heavy atom. The molecule has 0 radical (unpaired) electrons. The van der Waals surface area contributed by atoms with Crippen molar-refractivity contribution < 1.29 is 24.8 Å². The third-order valence-corrected chi connectivity index (χ3v) is 3.65. The summed E-state index contributed by atoms with van der Waals surface area (Å²) in [4.78, 5) is 0. The van der Waals surface area contributed by atoms with Crippen molar-refractivity contribution in [2.75, 3.05) is 20.8 Å². The lowest BCUT2D eigenvalue weighted by Crippen LogP contribution is -2.17. The van der Waals surface area contributed by atoms with Gasteiger partial charge in [-0.15, -0.1) is 0 Å². The first-order valence-corrected chi connectivity index (χ1v) is 8.21. The second-order valence-electron chi connectivity index (χ2n) is 5.69. The van der Waals surface area contributed by atoms with Gasteiger partial charge in [-0.05, 0) is 61.5 Å². The Balaban J connectivity index is 2.01. The number of aliphatic hydroxyl groups excluding tert-OH is 1. The Morgan fingerprint density at radius 3 is 2.60 bits per heavy atom. The van der Waals surface area contributed by atoms with Gasteiger partial charge in [0, 0.05) is 5.48 Å². The molecule has 1 N–H and O–H groups in total. The summed E-state index contributed by atoms with van der Waals surface area (Å²) in [6.45, 7) is 1.95. The van der Waals surface area contributed by atoms with Crippen molar-refractivity contribution in [3.05, 3.63) is 53.6 Å². The summed E-state index contributed by atoms with van der Waals surface area (Å²) >= 11 is 0. The van der Waals surface area contributed by atoms with Gasteiger partial charge >= 0.3 is 0 Å². The quantitative estimate of drug-likeness (QED) is 0.700. The number of hydrogen-bond acceptors (Lipinski definition) is 4. The van der Waals surface area contributed by atoms with E-state index in [0.717, 1.165) is 5.56 Å². The molecular weight excluding hydrogens is 316 g/mol. The molecule has 136 valence electrons. The Bertz CT molecular complexity index is 811. The second kappa shape index (κ2) is 9.94. The van der Waals surface area contributed by atoms with Gasteiger partial charge in [0.15, 0.2) is 11.5 Å². The van der Waals surface area contributed by atoms with Gasteiger partial charge in [0.1, 0.15) is 12.4 Å². The van der Waals surface area contributed by atoms with Crippen molar-refractivity contribution in [3.63, 3.8) is 0 Å². The minimum atomic E-state index is -2.29. The zero-order valence-electron chi connectivity index (χ0n) is 18.9. The molecule has 0 bridgehead atoms. The van der Waals surface area contributed by atoms with Gasteiger partial charge in [-0.2, -0.15) is 0 Å². The van der Waals surface area contributed by atoms with Crippen LogP contribution in [0, 0.1) is 6.92 Å². The van der Waals surface area contributed by atoms with Gasteiger partial charge in [0.2, 0.25) is 0 Å². The third-order valence-electron chi connectivity index (χ3n) is 3.65. The molecule has 4 nitrogen and oxygen atoms in total. The van der Waals surface area contributed by atoms with Crippen LogP contribution >= 0.6 is 0 Å². The molecule has 25 heavy (non-hydrogen) atoms. The number of rotatable bonds is 10. The molecule has 0 heterocycles. The summed E-state index contributed by atoms with van der Waals surface area (Å²) in [7, 11) is 2.92. The zero-order chi connectivity index (χ0) is 21.7. The molecule has 0 aliphatic carbocycles. The van der Waals surface area contributed by atoms with E-state index >= 15 is 0 Å². The van der Waals surface area contributed by atoms with E-state index in [4.69, 9.17) is 19.7 Å². The number of hydrogen-bond donors (Lipinski definition) is 1. The number of benzene rings is 2. The SMILES string of the molecule is [2H]C([2H])(CCC(O)COc1cccc(C)c1)C([2H])([2H])c1ccc(OC)c(OC)c1. The predicted molar refractivity (Wildman–Crippen MR) is 99.8 cm³/mol. The lowest BCUT2D eigenvalue weighted by molar-refractivity contribution is 0.0976. The maximum atomic E-state index is 10.2. The summed E-state index contributed by atoms with van der Waals surface area (Å²) in [5.74, 6) is 1.40. The smallest absolute Gasteiger partial charge is 0.160 e. The molecule has 2 aromatic rings. The lowest BCUT2D eigenvalue weighted by Gasteiger charge is -2.13. The van der Waals surface area contributed by atoms with Crippen molar-refractivity contribution >= 4 is 0 Å². The van der Waals surface area contributed by atoms with Crippen molar-refractivity contribution in [1.29, 1.82) is 0 Å². The number of ether oxygens (including phenoxy) is 3. The maximum Gasteiger partial charge on any atom is 0.160 e. The normalized spacial score (nSPS) is 15.4. The standard InChI is InChI=1S/C21H28O4/c1-16-7-6-10-19(13-16)25-15-18(22)9-5-4-8-17-11-12-20(23-2)21(14-17)24-3/h6-7,10-14,18,22H,4-5,8-9,15H2,1-3H3/i4D2,8D2. The van der Waals surface area contributed by atoms with Crippen molar-refractivity contribution in [2.45, 2.75) is 38.6 Å². The predicted octanol–water partition coefficient (Wildman–Crippen LogP) is 4.16. The first kappa shape index (κ1) is 14.0. The average Bonchev–Trinajstić information content (AvgIpc) is 2.70. The second-order valence-corrected chi connectivity index (χ2v) is 5.69. The van der Waals surface area contributed by atoms with E-state index in [9.17, 15) is 5.11 Å². The molecule has 0 aliphatic heterocycles. The van der Waals surface area contributed by atoms with E-state index < -0.39 is 18.8 Å². The molecule has 0 fully saturated rings. The molecule has 0 aromatic heterocycles. The summed E-state index contributed by atoms with van der Waals surface area (Å²) in [6, 6.07) is 11.9. The molecule has 0 aliphatic rings. The van der Waals surface area contributed by atoms with E-state index in [-0.39, 0.29) is 25.0 Å². The van der Waals surface area contributed by atoms with Gasteiger partial charge in [0.05, 0.1) is 20.3 Å². The fourth-order valence-corrected chi connectivity index (χ4v) is 2.30. The van der Waals surface area contributed by atoms with Crippen LogP contribution in [0.4, 0.5) is 0 Å². The van der Waals surface area contributed by atoms with Crippen molar-refractivity contribution in [1.82, 2.24) is 0 Å². The minimum Gasteiger partial charge on any atom is -0.493 e. The molecule has 1 unspecified atom stereocenters. The van der Waals surface area contributed by atoms with Gasteiger partial charge in [0.25, 0.3) is 0 Å². The van der Waals surface area contributed by atoms with Crippen LogP contribution in [0.1, 0.15) is 35.8 Å². The molecule has 2 rings (SSSR count). The van der Waals surface area contributed by atoms with E-state index in [1.165, 1.54) is 26.4 Å². The third kappa shape index (κ3) is 6.31.